The second kappa shape index (κ2) is 7.41. The molecule has 4 rings (SSSR count). The van der Waals surface area contributed by atoms with Crippen LogP contribution in [0.25, 0.3) is 5.65 Å². The first-order chi connectivity index (χ1) is 12.3. The molecule has 25 heavy (non-hydrogen) atoms. The first kappa shape index (κ1) is 16.4. The van der Waals surface area contributed by atoms with Crippen molar-refractivity contribution >= 4 is 23.2 Å². The predicted molar refractivity (Wildman–Crippen MR) is 101 cm³/mol. The lowest BCUT2D eigenvalue weighted by Crippen LogP contribution is -2.31. The van der Waals surface area contributed by atoms with Crippen molar-refractivity contribution in [1.82, 2.24) is 24.7 Å². The van der Waals surface area contributed by atoms with Gasteiger partial charge in [0.25, 0.3) is 0 Å². The summed E-state index contributed by atoms with van der Waals surface area (Å²) < 4.78 is 1.84. The van der Waals surface area contributed by atoms with E-state index in [4.69, 9.17) is 5.10 Å². The van der Waals surface area contributed by atoms with E-state index in [1.54, 1.807) is 11.8 Å². The van der Waals surface area contributed by atoms with Crippen LogP contribution in [0.15, 0.2) is 47.6 Å². The summed E-state index contributed by atoms with van der Waals surface area (Å²) in [4.78, 5) is 4.90. The molecule has 6 nitrogen and oxygen atoms in total. The molecule has 1 aliphatic heterocycles. The van der Waals surface area contributed by atoms with E-state index in [0.29, 0.717) is 0 Å². The van der Waals surface area contributed by atoms with Gasteiger partial charge in [-0.15, -0.1) is 15.3 Å². The lowest BCUT2D eigenvalue weighted by Gasteiger charge is -2.22. The van der Waals surface area contributed by atoms with Gasteiger partial charge in [-0.3, -0.25) is 4.90 Å². The number of aromatic nitrogens is 4. The van der Waals surface area contributed by atoms with Crippen LogP contribution in [0.4, 0.5) is 5.82 Å². The summed E-state index contributed by atoms with van der Waals surface area (Å²) in [5, 5.41) is 13.9. The molecule has 3 aromatic rings. The molecule has 7 heteroatoms. The van der Waals surface area contributed by atoms with Crippen molar-refractivity contribution in [3.05, 3.63) is 48.0 Å². The Hall–Kier alpha value is -2.12. The lowest BCUT2D eigenvalue weighted by atomic mass is 10.2. The van der Waals surface area contributed by atoms with Crippen LogP contribution in [0, 0.1) is 0 Å². The van der Waals surface area contributed by atoms with Crippen molar-refractivity contribution in [2.24, 2.45) is 0 Å². The van der Waals surface area contributed by atoms with Crippen molar-refractivity contribution < 1.29 is 0 Å². The van der Waals surface area contributed by atoms with Gasteiger partial charge in [0.1, 0.15) is 5.82 Å². The van der Waals surface area contributed by atoms with Crippen molar-refractivity contribution in [2.75, 3.05) is 37.3 Å². The van der Waals surface area contributed by atoms with E-state index in [0.717, 1.165) is 55.8 Å². The standard InChI is InChI=1S/C18H22N6S/c1-25-18-20-19-16-8-9-17(21-24(16)18)23-11-5-10-22(12-13-23)14-15-6-3-2-4-7-15/h2-4,6-9H,5,10-14H2,1H3. The fraction of sp³-hybridized carbons (Fsp3) is 0.389. The molecule has 0 spiro atoms. The van der Waals surface area contributed by atoms with Gasteiger partial charge >= 0.3 is 0 Å². The van der Waals surface area contributed by atoms with E-state index >= 15 is 0 Å². The highest BCUT2D eigenvalue weighted by molar-refractivity contribution is 7.98. The van der Waals surface area contributed by atoms with E-state index in [1.807, 2.05) is 16.8 Å². The van der Waals surface area contributed by atoms with Crippen molar-refractivity contribution in [3.8, 4) is 0 Å². The van der Waals surface area contributed by atoms with Crippen LogP contribution in [0.5, 0.6) is 0 Å². The molecule has 0 amide bonds. The summed E-state index contributed by atoms with van der Waals surface area (Å²) in [6.45, 7) is 5.20. The molecule has 2 aromatic heterocycles. The molecular weight excluding hydrogens is 332 g/mol. The minimum Gasteiger partial charge on any atom is -0.354 e. The van der Waals surface area contributed by atoms with E-state index in [9.17, 15) is 0 Å². The second-order valence-electron chi connectivity index (χ2n) is 6.25. The van der Waals surface area contributed by atoms with E-state index in [2.05, 4.69) is 56.4 Å². The van der Waals surface area contributed by atoms with E-state index in [-0.39, 0.29) is 0 Å². The van der Waals surface area contributed by atoms with Crippen LogP contribution in [0.3, 0.4) is 0 Å². The zero-order chi connectivity index (χ0) is 17.1. The molecule has 130 valence electrons. The molecule has 0 bridgehead atoms. The molecule has 0 N–H and O–H groups in total. The molecule has 1 fully saturated rings. The summed E-state index contributed by atoms with van der Waals surface area (Å²) >= 11 is 1.57. The maximum absolute atomic E-state index is 4.76. The average molecular weight is 354 g/mol. The summed E-state index contributed by atoms with van der Waals surface area (Å²) in [5.74, 6) is 1.00. The Morgan fingerprint density at radius 1 is 0.960 bits per heavy atom. The molecular formula is C18H22N6S. The van der Waals surface area contributed by atoms with Gasteiger partial charge in [0, 0.05) is 32.7 Å². The van der Waals surface area contributed by atoms with Gasteiger partial charge in [-0.1, -0.05) is 42.1 Å². The Balaban J connectivity index is 1.47. The Morgan fingerprint density at radius 3 is 2.68 bits per heavy atom. The summed E-state index contributed by atoms with van der Waals surface area (Å²) in [6, 6.07) is 14.8. The first-order valence-corrected chi connectivity index (χ1v) is 9.83. The highest BCUT2D eigenvalue weighted by Crippen LogP contribution is 2.18. The van der Waals surface area contributed by atoms with Gasteiger partial charge in [-0.25, -0.2) is 0 Å². The second-order valence-corrected chi connectivity index (χ2v) is 7.02. The molecule has 0 radical (unpaired) electrons. The first-order valence-electron chi connectivity index (χ1n) is 8.61. The van der Waals surface area contributed by atoms with Gasteiger partial charge in [0.05, 0.1) is 0 Å². The number of fused-ring (bicyclic) bond motifs is 1. The van der Waals surface area contributed by atoms with Crippen LogP contribution < -0.4 is 4.90 Å². The Bertz CT molecular complexity index is 834. The number of benzene rings is 1. The van der Waals surface area contributed by atoms with Gasteiger partial charge < -0.3 is 4.90 Å². The highest BCUT2D eigenvalue weighted by atomic mass is 32.2. The third kappa shape index (κ3) is 3.62. The molecule has 1 saturated heterocycles. The van der Waals surface area contributed by atoms with Crippen LogP contribution in [-0.4, -0.2) is 57.1 Å². The fourth-order valence-electron chi connectivity index (χ4n) is 3.26. The zero-order valence-corrected chi connectivity index (χ0v) is 15.2. The molecule has 0 atom stereocenters. The van der Waals surface area contributed by atoms with Crippen molar-refractivity contribution in [3.63, 3.8) is 0 Å². The Kier molecular flexibility index (Phi) is 4.85. The highest BCUT2D eigenvalue weighted by Gasteiger charge is 2.17. The molecule has 3 heterocycles. The number of rotatable bonds is 4. The number of thioether (sulfide) groups is 1. The molecule has 1 aliphatic rings. The van der Waals surface area contributed by atoms with Crippen molar-refractivity contribution in [2.45, 2.75) is 18.1 Å². The number of anilines is 1. The third-order valence-corrected chi connectivity index (χ3v) is 5.18. The maximum atomic E-state index is 4.76. The number of hydrogen-bond acceptors (Lipinski definition) is 6. The van der Waals surface area contributed by atoms with Crippen LogP contribution in [-0.2, 0) is 6.54 Å². The quantitative estimate of drug-likeness (QED) is 0.671. The zero-order valence-electron chi connectivity index (χ0n) is 14.4. The Labute approximate surface area is 151 Å². The fourth-order valence-corrected chi connectivity index (χ4v) is 3.68. The number of hydrogen-bond donors (Lipinski definition) is 0. The van der Waals surface area contributed by atoms with Gasteiger partial charge in [-0.2, -0.15) is 4.52 Å². The topological polar surface area (TPSA) is 49.6 Å². The monoisotopic (exact) mass is 354 g/mol. The van der Waals surface area contributed by atoms with Gasteiger partial charge in [0.15, 0.2) is 5.65 Å². The maximum Gasteiger partial charge on any atom is 0.212 e. The molecule has 0 unspecified atom stereocenters. The van der Waals surface area contributed by atoms with Gasteiger partial charge in [-0.05, 0) is 30.4 Å². The molecule has 1 aromatic carbocycles. The van der Waals surface area contributed by atoms with E-state index < -0.39 is 0 Å². The average Bonchev–Trinajstić information content (AvgIpc) is 2.93. The van der Waals surface area contributed by atoms with Gasteiger partial charge in [0.2, 0.25) is 5.16 Å². The smallest absolute Gasteiger partial charge is 0.212 e. The molecule has 0 saturated carbocycles. The third-order valence-electron chi connectivity index (χ3n) is 4.56. The minimum atomic E-state index is 0.800. The summed E-state index contributed by atoms with van der Waals surface area (Å²) in [6.07, 6.45) is 3.14. The minimum absolute atomic E-state index is 0.800. The predicted octanol–water partition coefficient (Wildman–Crippen LogP) is 2.56. The normalized spacial score (nSPS) is 16.3. The largest absolute Gasteiger partial charge is 0.354 e. The molecule has 0 aliphatic carbocycles. The number of nitrogens with zero attached hydrogens (tertiary/aromatic N) is 6. The van der Waals surface area contributed by atoms with Crippen LogP contribution in [0.1, 0.15) is 12.0 Å². The SMILES string of the molecule is CSc1nnc2ccc(N3CCCN(Cc4ccccc4)CC3)nn12. The lowest BCUT2D eigenvalue weighted by molar-refractivity contribution is 0.285. The van der Waals surface area contributed by atoms with Crippen molar-refractivity contribution in [1.29, 1.82) is 0 Å². The summed E-state index contributed by atoms with van der Waals surface area (Å²) in [7, 11) is 0. The Morgan fingerprint density at radius 2 is 1.84 bits per heavy atom. The van der Waals surface area contributed by atoms with E-state index in [1.165, 1.54) is 5.56 Å². The summed E-state index contributed by atoms with van der Waals surface area (Å²) in [5.41, 5.74) is 2.18. The van der Waals surface area contributed by atoms with Crippen LogP contribution in [0.2, 0.25) is 0 Å². The van der Waals surface area contributed by atoms with Crippen LogP contribution >= 0.6 is 11.8 Å².